The zero-order valence-electron chi connectivity index (χ0n) is 10.8. The van der Waals surface area contributed by atoms with Crippen molar-refractivity contribution in [2.24, 2.45) is 17.8 Å². The van der Waals surface area contributed by atoms with E-state index in [1.54, 1.807) is 0 Å². The van der Waals surface area contributed by atoms with E-state index in [9.17, 15) is 9.59 Å². The fourth-order valence-electron chi connectivity index (χ4n) is 2.36. The van der Waals surface area contributed by atoms with Crippen molar-refractivity contribution in [3.8, 4) is 0 Å². The van der Waals surface area contributed by atoms with E-state index in [1.807, 2.05) is 6.92 Å². The van der Waals surface area contributed by atoms with E-state index in [-0.39, 0.29) is 12.5 Å². The Bertz CT molecular complexity index is 294. The van der Waals surface area contributed by atoms with Gasteiger partial charge in [0.1, 0.15) is 0 Å². The maximum atomic E-state index is 11.8. The van der Waals surface area contributed by atoms with Crippen LogP contribution in [0, 0.1) is 17.8 Å². The molecule has 0 bridgehead atoms. The Balaban J connectivity index is 2.46. The van der Waals surface area contributed by atoms with Crippen LogP contribution in [0.15, 0.2) is 0 Å². The number of rotatable bonds is 7. The Morgan fingerprint density at radius 1 is 1.28 bits per heavy atom. The summed E-state index contributed by atoms with van der Waals surface area (Å²) in [5.41, 5.74) is 2.31. The monoisotopic (exact) mass is 259 g/mol. The molecule has 1 rings (SSSR count). The number of hydrogen-bond acceptors (Lipinski definition) is 4. The predicted molar refractivity (Wildman–Crippen MR) is 63.6 cm³/mol. The molecule has 0 aromatic heterocycles. The van der Waals surface area contributed by atoms with Gasteiger partial charge < -0.3 is 9.84 Å². The number of carbonyl (C=O) groups excluding carboxylic acids is 1. The molecular formula is C12H21NO5. The van der Waals surface area contributed by atoms with Crippen molar-refractivity contribution in [3.05, 3.63) is 0 Å². The van der Waals surface area contributed by atoms with Crippen molar-refractivity contribution in [1.29, 1.82) is 0 Å². The minimum Gasteiger partial charge on any atom is -0.481 e. The van der Waals surface area contributed by atoms with E-state index in [0.717, 1.165) is 6.42 Å². The van der Waals surface area contributed by atoms with Gasteiger partial charge in [0, 0.05) is 7.11 Å². The molecule has 104 valence electrons. The molecule has 0 radical (unpaired) electrons. The molecular weight excluding hydrogens is 238 g/mol. The molecule has 1 aliphatic carbocycles. The van der Waals surface area contributed by atoms with Gasteiger partial charge in [0.25, 0.3) is 0 Å². The molecule has 1 aliphatic rings. The van der Waals surface area contributed by atoms with Crippen LogP contribution < -0.4 is 5.48 Å². The molecule has 2 N–H and O–H groups in total. The average molecular weight is 259 g/mol. The summed E-state index contributed by atoms with van der Waals surface area (Å²) in [6.45, 7) is 2.65. The lowest BCUT2D eigenvalue weighted by molar-refractivity contribution is -0.150. The van der Waals surface area contributed by atoms with Crippen LogP contribution in [0.4, 0.5) is 0 Å². The van der Waals surface area contributed by atoms with Crippen LogP contribution in [-0.4, -0.2) is 37.3 Å². The SMILES string of the molecule is CCC1C[C@H](C(=O)NOCCOC)[C@H](C(=O)O)C1. The molecule has 1 unspecified atom stereocenters. The molecule has 0 aromatic rings. The highest BCUT2D eigenvalue weighted by Gasteiger charge is 2.42. The van der Waals surface area contributed by atoms with Gasteiger partial charge in [-0.3, -0.25) is 14.4 Å². The Morgan fingerprint density at radius 3 is 2.50 bits per heavy atom. The summed E-state index contributed by atoms with van der Waals surface area (Å²) < 4.78 is 4.77. The maximum absolute atomic E-state index is 11.8. The fourth-order valence-corrected chi connectivity index (χ4v) is 2.36. The van der Waals surface area contributed by atoms with Crippen LogP contribution in [0.3, 0.4) is 0 Å². The number of ether oxygens (including phenoxy) is 1. The molecule has 1 amide bonds. The number of amides is 1. The van der Waals surface area contributed by atoms with Crippen molar-refractivity contribution in [2.75, 3.05) is 20.3 Å². The van der Waals surface area contributed by atoms with Gasteiger partial charge in [-0.05, 0) is 18.8 Å². The zero-order valence-corrected chi connectivity index (χ0v) is 10.8. The quantitative estimate of drug-likeness (QED) is 0.522. The summed E-state index contributed by atoms with van der Waals surface area (Å²) in [6, 6.07) is 0. The number of carbonyl (C=O) groups is 2. The Morgan fingerprint density at radius 2 is 1.94 bits per heavy atom. The third-order valence-electron chi connectivity index (χ3n) is 3.45. The molecule has 1 fully saturated rings. The number of hydroxylamine groups is 1. The summed E-state index contributed by atoms with van der Waals surface area (Å²) in [6.07, 6.45) is 2.09. The van der Waals surface area contributed by atoms with Crippen LogP contribution in [-0.2, 0) is 19.2 Å². The van der Waals surface area contributed by atoms with Gasteiger partial charge in [-0.25, -0.2) is 5.48 Å². The van der Waals surface area contributed by atoms with E-state index >= 15 is 0 Å². The molecule has 0 saturated heterocycles. The highest BCUT2D eigenvalue weighted by atomic mass is 16.7. The Kier molecular flexibility index (Phi) is 6.07. The van der Waals surface area contributed by atoms with E-state index in [2.05, 4.69) is 5.48 Å². The van der Waals surface area contributed by atoms with E-state index in [1.165, 1.54) is 7.11 Å². The lowest BCUT2D eigenvalue weighted by Crippen LogP contribution is -2.35. The highest BCUT2D eigenvalue weighted by molar-refractivity contribution is 5.84. The molecule has 6 nitrogen and oxygen atoms in total. The molecule has 0 aromatic carbocycles. The van der Waals surface area contributed by atoms with Crippen LogP contribution >= 0.6 is 0 Å². The largest absolute Gasteiger partial charge is 0.481 e. The first-order valence-corrected chi connectivity index (χ1v) is 6.23. The van der Waals surface area contributed by atoms with Crippen LogP contribution in [0.5, 0.6) is 0 Å². The molecule has 0 heterocycles. The molecule has 1 saturated carbocycles. The first-order chi connectivity index (χ1) is 8.60. The molecule has 18 heavy (non-hydrogen) atoms. The van der Waals surface area contributed by atoms with E-state index in [0.29, 0.717) is 25.4 Å². The van der Waals surface area contributed by atoms with Gasteiger partial charge in [0.2, 0.25) is 5.91 Å². The van der Waals surface area contributed by atoms with Crippen LogP contribution in [0.25, 0.3) is 0 Å². The van der Waals surface area contributed by atoms with Crippen molar-refractivity contribution in [1.82, 2.24) is 5.48 Å². The fraction of sp³-hybridized carbons (Fsp3) is 0.833. The third-order valence-corrected chi connectivity index (χ3v) is 3.45. The number of methoxy groups -OCH3 is 1. The first kappa shape index (κ1) is 14.9. The molecule has 0 aliphatic heterocycles. The second kappa shape index (κ2) is 7.33. The molecule has 0 spiro atoms. The topological polar surface area (TPSA) is 84.9 Å². The van der Waals surface area contributed by atoms with Crippen LogP contribution in [0.1, 0.15) is 26.2 Å². The van der Waals surface area contributed by atoms with Crippen molar-refractivity contribution < 1.29 is 24.3 Å². The van der Waals surface area contributed by atoms with E-state index < -0.39 is 17.8 Å². The summed E-state index contributed by atoms with van der Waals surface area (Å²) in [5, 5.41) is 9.11. The lowest BCUT2D eigenvalue weighted by atomic mass is 9.96. The summed E-state index contributed by atoms with van der Waals surface area (Å²) in [5.74, 6) is -2.02. The van der Waals surface area contributed by atoms with Gasteiger partial charge in [0.05, 0.1) is 25.0 Å². The van der Waals surface area contributed by atoms with Crippen molar-refractivity contribution in [2.45, 2.75) is 26.2 Å². The number of aliphatic carboxylic acids is 1. The summed E-state index contributed by atoms with van der Waals surface area (Å²) in [4.78, 5) is 27.9. The average Bonchev–Trinajstić information content (AvgIpc) is 2.78. The number of carboxylic acid groups (broad SMARTS) is 1. The van der Waals surface area contributed by atoms with Crippen molar-refractivity contribution >= 4 is 11.9 Å². The number of nitrogens with one attached hydrogen (secondary N) is 1. The molecule has 3 atom stereocenters. The smallest absolute Gasteiger partial charge is 0.307 e. The minimum atomic E-state index is -0.900. The Labute approximate surface area is 107 Å². The van der Waals surface area contributed by atoms with Gasteiger partial charge >= 0.3 is 5.97 Å². The zero-order chi connectivity index (χ0) is 13.5. The second-order valence-electron chi connectivity index (χ2n) is 4.60. The van der Waals surface area contributed by atoms with Gasteiger partial charge in [-0.15, -0.1) is 0 Å². The Hall–Kier alpha value is -1.14. The number of hydrogen-bond donors (Lipinski definition) is 2. The number of carboxylic acids is 1. The van der Waals surface area contributed by atoms with E-state index in [4.69, 9.17) is 14.7 Å². The van der Waals surface area contributed by atoms with Crippen molar-refractivity contribution in [3.63, 3.8) is 0 Å². The lowest BCUT2D eigenvalue weighted by Gasteiger charge is -2.15. The molecule has 6 heteroatoms. The van der Waals surface area contributed by atoms with Gasteiger partial charge in [-0.1, -0.05) is 13.3 Å². The first-order valence-electron chi connectivity index (χ1n) is 6.23. The summed E-state index contributed by atoms with van der Waals surface area (Å²) >= 11 is 0. The van der Waals surface area contributed by atoms with Crippen LogP contribution in [0.2, 0.25) is 0 Å². The standard InChI is InChI=1S/C12H21NO5/c1-3-8-6-9(10(7-8)12(15)16)11(14)13-18-5-4-17-2/h8-10H,3-7H2,1-2H3,(H,13,14)(H,15,16)/t8?,9-,10+/m0/s1. The highest BCUT2D eigenvalue weighted by Crippen LogP contribution is 2.38. The van der Waals surface area contributed by atoms with Gasteiger partial charge in [0.15, 0.2) is 0 Å². The second-order valence-corrected chi connectivity index (χ2v) is 4.60. The maximum Gasteiger partial charge on any atom is 0.307 e. The summed E-state index contributed by atoms with van der Waals surface area (Å²) in [7, 11) is 1.54. The minimum absolute atomic E-state index is 0.254. The predicted octanol–water partition coefficient (Wildman–Crippen LogP) is 0.818. The van der Waals surface area contributed by atoms with Gasteiger partial charge in [-0.2, -0.15) is 0 Å². The normalized spacial score (nSPS) is 27.1. The third kappa shape index (κ3) is 3.96.